The van der Waals surface area contributed by atoms with Gasteiger partial charge in [-0.2, -0.15) is 0 Å². The highest BCUT2D eigenvalue weighted by Crippen LogP contribution is 2.34. The fourth-order valence-electron chi connectivity index (χ4n) is 2.97. The Kier molecular flexibility index (Phi) is 7.03. The van der Waals surface area contributed by atoms with E-state index in [2.05, 4.69) is 20.0 Å². The molecule has 0 radical (unpaired) electrons. The molecule has 1 aliphatic rings. The van der Waals surface area contributed by atoms with Gasteiger partial charge in [0.1, 0.15) is 23.9 Å². The number of aromatic nitrogens is 4. The van der Waals surface area contributed by atoms with Gasteiger partial charge < -0.3 is 29.0 Å². The molecule has 0 amide bonds. The summed E-state index contributed by atoms with van der Waals surface area (Å²) < 4.78 is 25.1. The van der Waals surface area contributed by atoms with Gasteiger partial charge >= 0.3 is 0 Å². The lowest BCUT2D eigenvalue weighted by Gasteiger charge is -2.23. The number of para-hydroxylation sites is 1. The van der Waals surface area contributed by atoms with E-state index in [9.17, 15) is 0 Å². The van der Waals surface area contributed by atoms with Crippen molar-refractivity contribution >= 4 is 25.3 Å². The smallest absolute Gasteiger partial charge is 0.188 e. The average molecular weight is 432 g/mol. The molecule has 1 aliphatic heterocycles. The SMILES string of the molecule is CC(Cn1cnc2c(N)ncnc21)OCP(NCC1OCCO1)Oc1ccccc1. The number of nitrogens with one attached hydrogen (secondary N) is 1. The second kappa shape index (κ2) is 10.1. The molecule has 4 rings (SSSR count). The van der Waals surface area contributed by atoms with Crippen LogP contribution >= 0.6 is 8.30 Å². The van der Waals surface area contributed by atoms with E-state index in [0.29, 0.717) is 49.6 Å². The van der Waals surface area contributed by atoms with Crippen LogP contribution in [0, 0.1) is 0 Å². The van der Waals surface area contributed by atoms with Crippen LogP contribution in [0.3, 0.4) is 0 Å². The van der Waals surface area contributed by atoms with Crippen molar-refractivity contribution in [1.29, 1.82) is 0 Å². The summed E-state index contributed by atoms with van der Waals surface area (Å²) in [6.07, 6.45) is 3.19. The molecule has 0 saturated carbocycles. The molecule has 2 atom stereocenters. The van der Waals surface area contributed by atoms with Crippen LogP contribution in [0.25, 0.3) is 11.2 Å². The number of anilines is 1. The van der Waals surface area contributed by atoms with Crippen molar-refractivity contribution in [2.75, 3.05) is 31.8 Å². The number of benzene rings is 1. The maximum atomic E-state index is 6.11. The number of nitrogens with two attached hydrogens (primary N) is 1. The van der Waals surface area contributed by atoms with Crippen LogP contribution in [0.15, 0.2) is 43.0 Å². The van der Waals surface area contributed by atoms with E-state index in [1.165, 1.54) is 6.33 Å². The number of rotatable bonds is 10. The summed E-state index contributed by atoms with van der Waals surface area (Å²) >= 11 is 0. The maximum Gasteiger partial charge on any atom is 0.188 e. The zero-order valence-electron chi connectivity index (χ0n) is 16.7. The summed E-state index contributed by atoms with van der Waals surface area (Å²) in [7, 11) is -1.09. The molecule has 3 N–H and O–H groups in total. The van der Waals surface area contributed by atoms with Gasteiger partial charge in [-0.05, 0) is 19.1 Å². The third kappa shape index (κ3) is 5.41. The molecule has 1 aromatic carbocycles. The molecule has 11 heteroatoms. The van der Waals surface area contributed by atoms with Crippen LogP contribution in [-0.4, -0.2) is 58.0 Å². The summed E-state index contributed by atoms with van der Waals surface area (Å²) in [5.74, 6) is 1.15. The fourth-order valence-corrected chi connectivity index (χ4v) is 4.30. The Morgan fingerprint density at radius 3 is 2.83 bits per heavy atom. The number of nitrogens with zero attached hydrogens (tertiary/aromatic N) is 4. The summed E-state index contributed by atoms with van der Waals surface area (Å²) in [4.78, 5) is 12.5. The van der Waals surface area contributed by atoms with E-state index in [1.54, 1.807) is 6.33 Å². The number of fused-ring (bicyclic) bond motifs is 1. The lowest BCUT2D eigenvalue weighted by Crippen LogP contribution is -2.27. The summed E-state index contributed by atoms with van der Waals surface area (Å²) in [5.41, 5.74) is 7.14. The van der Waals surface area contributed by atoms with Crippen molar-refractivity contribution < 1.29 is 18.7 Å². The van der Waals surface area contributed by atoms with E-state index in [1.807, 2.05) is 41.8 Å². The lowest BCUT2D eigenvalue weighted by atomic mass is 10.3. The molecule has 10 nitrogen and oxygen atoms in total. The Balaban J connectivity index is 1.34. The van der Waals surface area contributed by atoms with E-state index < -0.39 is 8.30 Å². The fraction of sp³-hybridized carbons (Fsp3) is 0.421. The molecular weight excluding hydrogens is 407 g/mol. The van der Waals surface area contributed by atoms with Crippen LogP contribution in [0.4, 0.5) is 5.82 Å². The molecular formula is C19H25N6O4P. The van der Waals surface area contributed by atoms with E-state index in [0.717, 1.165) is 5.75 Å². The summed E-state index contributed by atoms with van der Waals surface area (Å²) in [5, 5.41) is 3.37. The van der Waals surface area contributed by atoms with Crippen LogP contribution in [-0.2, 0) is 20.8 Å². The van der Waals surface area contributed by atoms with E-state index >= 15 is 0 Å². The minimum atomic E-state index is -1.09. The van der Waals surface area contributed by atoms with Gasteiger partial charge in [-0.1, -0.05) is 18.2 Å². The van der Waals surface area contributed by atoms with Crippen LogP contribution in [0.1, 0.15) is 6.92 Å². The number of nitrogen functional groups attached to an aromatic ring is 1. The largest absolute Gasteiger partial charge is 0.456 e. The Bertz CT molecular complexity index is 937. The van der Waals surface area contributed by atoms with E-state index in [-0.39, 0.29) is 12.4 Å². The Labute approximate surface area is 175 Å². The van der Waals surface area contributed by atoms with Gasteiger partial charge in [-0.15, -0.1) is 0 Å². The topological polar surface area (TPSA) is 119 Å². The molecule has 0 bridgehead atoms. The third-order valence-electron chi connectivity index (χ3n) is 4.44. The van der Waals surface area contributed by atoms with Crippen molar-refractivity contribution in [2.24, 2.45) is 0 Å². The number of hydrogen-bond acceptors (Lipinski definition) is 9. The predicted molar refractivity (Wildman–Crippen MR) is 113 cm³/mol. The van der Waals surface area contributed by atoms with Crippen molar-refractivity contribution in [3.8, 4) is 5.75 Å². The second-order valence-corrected chi connectivity index (χ2v) is 8.26. The molecule has 3 heterocycles. The first-order valence-corrected chi connectivity index (χ1v) is 11.1. The first-order valence-electron chi connectivity index (χ1n) is 9.69. The molecule has 2 unspecified atom stereocenters. The molecule has 2 aromatic heterocycles. The van der Waals surface area contributed by atoms with Gasteiger partial charge in [0.05, 0.1) is 38.7 Å². The van der Waals surface area contributed by atoms with Gasteiger partial charge in [0.15, 0.2) is 26.1 Å². The van der Waals surface area contributed by atoms with Crippen molar-refractivity contribution in [1.82, 2.24) is 24.6 Å². The minimum Gasteiger partial charge on any atom is -0.456 e. The molecule has 30 heavy (non-hydrogen) atoms. The quantitative estimate of drug-likeness (QED) is 0.464. The van der Waals surface area contributed by atoms with Gasteiger partial charge in [-0.3, -0.25) is 5.09 Å². The molecule has 1 fully saturated rings. The highest BCUT2D eigenvalue weighted by Gasteiger charge is 2.20. The summed E-state index contributed by atoms with van der Waals surface area (Å²) in [6, 6.07) is 9.67. The standard InChI is InChI=1S/C19H25N6O4P/c1-14(10-25-12-23-17-18(20)21-11-22-19(17)25)28-13-30(24-9-16-26-7-8-27-16)29-15-5-3-2-4-6-15/h2-6,11-12,14,16,24H,7-10,13H2,1H3,(H2,20,21,22). The second-order valence-electron chi connectivity index (χ2n) is 6.75. The van der Waals surface area contributed by atoms with Gasteiger partial charge in [0.2, 0.25) is 0 Å². The highest BCUT2D eigenvalue weighted by molar-refractivity contribution is 7.50. The molecule has 1 saturated heterocycles. The number of ether oxygens (including phenoxy) is 3. The lowest BCUT2D eigenvalue weighted by molar-refractivity contribution is -0.0358. The van der Waals surface area contributed by atoms with Gasteiger partial charge in [0, 0.05) is 0 Å². The van der Waals surface area contributed by atoms with Crippen LogP contribution in [0.2, 0.25) is 0 Å². The highest BCUT2D eigenvalue weighted by atomic mass is 31.2. The third-order valence-corrected chi connectivity index (χ3v) is 5.79. The van der Waals surface area contributed by atoms with Crippen molar-refractivity contribution in [3.63, 3.8) is 0 Å². The van der Waals surface area contributed by atoms with Crippen LogP contribution in [0.5, 0.6) is 5.75 Å². The first-order chi connectivity index (χ1) is 14.7. The molecule has 160 valence electrons. The normalized spacial score (nSPS) is 16.7. The Morgan fingerprint density at radius 2 is 2.03 bits per heavy atom. The molecule has 3 aromatic rings. The zero-order valence-corrected chi connectivity index (χ0v) is 17.6. The Morgan fingerprint density at radius 1 is 1.23 bits per heavy atom. The summed E-state index contributed by atoms with van der Waals surface area (Å²) in [6.45, 7) is 4.35. The van der Waals surface area contributed by atoms with Gasteiger partial charge in [0.25, 0.3) is 0 Å². The first kappa shape index (κ1) is 20.9. The van der Waals surface area contributed by atoms with Gasteiger partial charge in [-0.25, -0.2) is 15.0 Å². The molecule has 0 spiro atoms. The minimum absolute atomic E-state index is 0.0938. The zero-order chi connectivity index (χ0) is 20.8. The van der Waals surface area contributed by atoms with E-state index in [4.69, 9.17) is 24.5 Å². The monoisotopic (exact) mass is 432 g/mol. The number of hydrogen-bond donors (Lipinski definition) is 2. The van der Waals surface area contributed by atoms with Crippen molar-refractivity contribution in [2.45, 2.75) is 25.9 Å². The molecule has 0 aliphatic carbocycles. The van der Waals surface area contributed by atoms with Crippen molar-refractivity contribution in [3.05, 3.63) is 43.0 Å². The average Bonchev–Trinajstić information content (AvgIpc) is 3.42. The maximum absolute atomic E-state index is 6.11. The Hall–Kier alpha value is -2.36. The predicted octanol–water partition coefficient (Wildman–Crippen LogP) is 2.12. The number of imidazole rings is 1. The van der Waals surface area contributed by atoms with Crippen LogP contribution < -0.4 is 15.3 Å².